The van der Waals surface area contributed by atoms with Crippen molar-refractivity contribution in [2.24, 2.45) is 17.8 Å². The molecule has 0 N–H and O–H groups in total. The van der Waals surface area contributed by atoms with Crippen LogP contribution in [0.2, 0.25) is 12.1 Å². The lowest BCUT2D eigenvalue weighted by Gasteiger charge is -2.38. The van der Waals surface area contributed by atoms with E-state index in [0.717, 1.165) is 43.5 Å². The second kappa shape index (κ2) is 15.5. The maximum atomic E-state index is 6.35. The average Bonchev–Trinajstić information content (AvgIpc) is 2.81. The Hall–Kier alpha value is 0.434. The SMILES string of the molecule is CCCC(=S)OCCC[Si]1(OCC(C)CO[Si]2(CCCS)OCC(C)CO2)OCC(C)CO1. The standard InChI is InChI=1S/C22H44O7S2Si2/c1-5-8-22(31)23-9-6-11-32(24-13-19(2)14-25-32)26-15-20(3)16-27-33(12-7-10-30)28-17-21(4)18-29-33/h19-21,30H,5-18H2,1-4H3. The Balaban J connectivity index is 1.82. The number of hydrogen-bond acceptors (Lipinski definition) is 9. The van der Waals surface area contributed by atoms with Gasteiger partial charge < -0.3 is 31.3 Å². The maximum Gasteiger partial charge on any atom is 0.501 e. The van der Waals surface area contributed by atoms with E-state index in [4.69, 9.17) is 43.5 Å². The molecule has 1 unspecified atom stereocenters. The van der Waals surface area contributed by atoms with Gasteiger partial charge in [0.25, 0.3) is 0 Å². The molecule has 194 valence electrons. The zero-order valence-corrected chi connectivity index (χ0v) is 24.6. The van der Waals surface area contributed by atoms with Crippen LogP contribution in [0.25, 0.3) is 0 Å². The molecule has 11 heteroatoms. The van der Waals surface area contributed by atoms with Crippen molar-refractivity contribution < 1.29 is 31.3 Å². The van der Waals surface area contributed by atoms with Crippen molar-refractivity contribution in [1.82, 2.24) is 0 Å². The highest BCUT2D eigenvalue weighted by atomic mass is 32.1. The molecule has 2 heterocycles. The Labute approximate surface area is 213 Å². The van der Waals surface area contributed by atoms with Crippen molar-refractivity contribution in [3.8, 4) is 0 Å². The summed E-state index contributed by atoms with van der Waals surface area (Å²) in [5.74, 6) is 1.75. The molecular weight excluding hydrogens is 497 g/mol. The van der Waals surface area contributed by atoms with Gasteiger partial charge in [-0.15, -0.1) is 0 Å². The monoisotopic (exact) mass is 540 g/mol. The zero-order chi connectivity index (χ0) is 24.2. The van der Waals surface area contributed by atoms with Crippen LogP contribution in [0.3, 0.4) is 0 Å². The Bertz CT molecular complexity index is 551. The molecular formula is C22H44O7S2Si2. The largest absolute Gasteiger partial charge is 0.501 e. The van der Waals surface area contributed by atoms with Gasteiger partial charge in [-0.3, -0.25) is 0 Å². The fourth-order valence-electron chi connectivity index (χ4n) is 3.49. The van der Waals surface area contributed by atoms with E-state index in [9.17, 15) is 0 Å². The molecule has 0 amide bonds. The number of thiocarbonyl (C=S) groups is 1. The lowest BCUT2D eigenvalue weighted by Crippen LogP contribution is -2.53. The normalized spacial score (nSPS) is 31.3. The maximum absolute atomic E-state index is 6.35. The van der Waals surface area contributed by atoms with Crippen LogP contribution < -0.4 is 0 Å². The van der Waals surface area contributed by atoms with Crippen LogP contribution in [0, 0.1) is 17.8 Å². The predicted molar refractivity (Wildman–Crippen MR) is 141 cm³/mol. The minimum absolute atomic E-state index is 0.168. The molecule has 0 aromatic rings. The van der Waals surface area contributed by atoms with Crippen LogP contribution in [-0.4, -0.2) is 74.7 Å². The molecule has 2 aliphatic heterocycles. The van der Waals surface area contributed by atoms with E-state index in [2.05, 4.69) is 40.3 Å². The first kappa shape index (κ1) is 29.7. The van der Waals surface area contributed by atoms with Crippen LogP contribution in [-0.2, 0) is 31.3 Å². The van der Waals surface area contributed by atoms with E-state index in [1.807, 2.05) is 0 Å². The van der Waals surface area contributed by atoms with E-state index in [1.54, 1.807) is 0 Å². The Morgan fingerprint density at radius 1 is 0.939 bits per heavy atom. The van der Waals surface area contributed by atoms with E-state index in [0.29, 0.717) is 63.1 Å². The molecule has 0 bridgehead atoms. The van der Waals surface area contributed by atoms with Gasteiger partial charge in [-0.25, -0.2) is 0 Å². The van der Waals surface area contributed by atoms with E-state index in [1.165, 1.54) is 0 Å². The Morgan fingerprint density at radius 3 is 1.88 bits per heavy atom. The summed E-state index contributed by atoms with van der Waals surface area (Å²) in [5, 5.41) is 0.677. The summed E-state index contributed by atoms with van der Waals surface area (Å²) in [7, 11) is -5.37. The topological polar surface area (TPSA) is 64.6 Å². The van der Waals surface area contributed by atoms with Crippen molar-refractivity contribution in [3.05, 3.63) is 0 Å². The molecule has 1 atom stereocenters. The third kappa shape index (κ3) is 10.9. The first-order valence-electron chi connectivity index (χ1n) is 12.4. The van der Waals surface area contributed by atoms with Gasteiger partial charge in [-0.2, -0.15) is 12.6 Å². The van der Waals surface area contributed by atoms with Crippen molar-refractivity contribution in [1.29, 1.82) is 0 Å². The highest BCUT2D eigenvalue weighted by Crippen LogP contribution is 2.27. The predicted octanol–water partition coefficient (Wildman–Crippen LogP) is 4.75. The number of thiol groups is 1. The second-order valence-corrected chi connectivity index (χ2v) is 15.8. The van der Waals surface area contributed by atoms with Gasteiger partial charge in [0, 0.05) is 75.9 Å². The van der Waals surface area contributed by atoms with Gasteiger partial charge in [0.1, 0.15) is 0 Å². The smallest absolute Gasteiger partial charge is 0.487 e. The molecule has 7 nitrogen and oxygen atoms in total. The summed E-state index contributed by atoms with van der Waals surface area (Å²) in [4.78, 5) is 0. The lowest BCUT2D eigenvalue weighted by molar-refractivity contribution is -0.0270. The summed E-state index contributed by atoms with van der Waals surface area (Å²) in [5.41, 5.74) is 0. The highest BCUT2D eigenvalue weighted by molar-refractivity contribution is 7.80. The van der Waals surface area contributed by atoms with Crippen LogP contribution in [0.4, 0.5) is 0 Å². The van der Waals surface area contributed by atoms with E-state index < -0.39 is 17.6 Å². The van der Waals surface area contributed by atoms with Crippen LogP contribution in [0.5, 0.6) is 0 Å². The van der Waals surface area contributed by atoms with Crippen LogP contribution >= 0.6 is 24.8 Å². The third-order valence-electron chi connectivity index (χ3n) is 5.51. The molecule has 2 fully saturated rings. The van der Waals surface area contributed by atoms with E-state index in [-0.39, 0.29) is 5.92 Å². The van der Waals surface area contributed by atoms with Gasteiger partial charge in [0.15, 0.2) is 5.05 Å². The van der Waals surface area contributed by atoms with Crippen molar-refractivity contribution in [3.63, 3.8) is 0 Å². The fourth-order valence-corrected chi connectivity index (χ4v) is 10.0. The molecule has 0 spiro atoms. The molecule has 0 aromatic carbocycles. The third-order valence-corrected chi connectivity index (χ3v) is 11.7. The van der Waals surface area contributed by atoms with Crippen molar-refractivity contribution in [2.45, 2.75) is 65.5 Å². The molecule has 2 saturated heterocycles. The summed E-state index contributed by atoms with van der Waals surface area (Å²) >= 11 is 9.58. The minimum atomic E-state index is -2.74. The molecule has 33 heavy (non-hydrogen) atoms. The van der Waals surface area contributed by atoms with Crippen molar-refractivity contribution in [2.75, 3.05) is 52.0 Å². The Morgan fingerprint density at radius 2 is 1.42 bits per heavy atom. The zero-order valence-electron chi connectivity index (χ0n) is 20.8. The average molecular weight is 541 g/mol. The van der Waals surface area contributed by atoms with Crippen LogP contribution in [0.15, 0.2) is 0 Å². The molecule has 0 radical (unpaired) electrons. The number of hydrogen-bond donors (Lipinski definition) is 1. The Kier molecular flexibility index (Phi) is 14.0. The summed E-state index contributed by atoms with van der Waals surface area (Å²) in [6, 6.07) is 1.53. The van der Waals surface area contributed by atoms with Gasteiger partial charge >= 0.3 is 17.6 Å². The first-order valence-corrected chi connectivity index (χ1v) is 17.3. The number of ether oxygens (including phenoxy) is 1. The van der Waals surface area contributed by atoms with Gasteiger partial charge in [0.05, 0.1) is 6.61 Å². The molecule has 2 rings (SSSR count). The molecule has 2 aliphatic rings. The fraction of sp³-hybridized carbons (Fsp3) is 0.955. The van der Waals surface area contributed by atoms with E-state index >= 15 is 0 Å². The van der Waals surface area contributed by atoms with Crippen molar-refractivity contribution >= 4 is 47.5 Å². The first-order chi connectivity index (χ1) is 15.8. The van der Waals surface area contributed by atoms with Gasteiger partial charge in [-0.05, 0) is 37.2 Å². The summed E-state index contributed by atoms with van der Waals surface area (Å²) in [6.45, 7) is 12.8. The molecule has 0 aromatic heterocycles. The quantitative estimate of drug-likeness (QED) is 0.138. The second-order valence-electron chi connectivity index (χ2n) is 9.45. The molecule has 0 aliphatic carbocycles. The lowest BCUT2D eigenvalue weighted by atomic mass is 10.2. The van der Waals surface area contributed by atoms with Gasteiger partial charge in [0.2, 0.25) is 0 Å². The molecule has 0 saturated carbocycles. The van der Waals surface area contributed by atoms with Gasteiger partial charge in [-0.1, -0.05) is 27.7 Å². The summed E-state index contributed by atoms with van der Waals surface area (Å²) in [6.07, 6.45) is 3.55. The summed E-state index contributed by atoms with van der Waals surface area (Å²) < 4.78 is 42.9. The highest BCUT2D eigenvalue weighted by Gasteiger charge is 2.46. The minimum Gasteiger partial charge on any atom is -0.487 e. The van der Waals surface area contributed by atoms with Crippen LogP contribution in [0.1, 0.15) is 53.4 Å². The number of rotatable bonds is 15.